The van der Waals surface area contributed by atoms with E-state index in [2.05, 4.69) is 30.9 Å². The van der Waals surface area contributed by atoms with E-state index in [1.54, 1.807) is 12.3 Å². The van der Waals surface area contributed by atoms with Crippen molar-refractivity contribution < 1.29 is 34.2 Å². The van der Waals surface area contributed by atoms with Crippen LogP contribution >= 0.6 is 0 Å². The summed E-state index contributed by atoms with van der Waals surface area (Å²) >= 11 is 0. The number of hydrogen-bond donors (Lipinski definition) is 9. The van der Waals surface area contributed by atoms with Crippen molar-refractivity contribution >= 4 is 40.5 Å². The van der Waals surface area contributed by atoms with Crippen LogP contribution in [-0.2, 0) is 36.8 Å². The Balaban J connectivity index is 1.73. The third-order valence-electron chi connectivity index (χ3n) is 6.43. The van der Waals surface area contributed by atoms with E-state index in [1.165, 1.54) is 19.4 Å². The van der Waals surface area contributed by atoms with Crippen molar-refractivity contribution in [3.8, 4) is 0 Å². The minimum Gasteiger partial charge on any atom is -0.480 e. The summed E-state index contributed by atoms with van der Waals surface area (Å²) in [6, 6.07) is 1.93. The number of aliphatic carboxylic acids is 1. The standard InChI is InChI=1S/C26H34N8O7/c1-13(35)22(25(39)33-20(26(40)41)8-14-10-30-18-5-3-2-4-16(14)18)34-24(38)19(9-15-11-29-12-31-15)32-23(37)17(27)6-7-21(28)36/h2-5,10-13,17,19-20,22,30,35H,6-9,27H2,1H3,(H2,28,36)(H,29,31)(H,32,37)(H,33,39)(H,34,38)(H,40,41). The number of imidazole rings is 1. The number of amides is 4. The van der Waals surface area contributed by atoms with Gasteiger partial charge in [0.25, 0.3) is 0 Å². The Kier molecular flexibility index (Phi) is 10.5. The molecule has 0 spiro atoms. The lowest BCUT2D eigenvalue weighted by molar-refractivity contribution is -0.143. The van der Waals surface area contributed by atoms with Gasteiger partial charge in [0, 0.05) is 48.3 Å². The van der Waals surface area contributed by atoms with Crippen molar-refractivity contribution in [2.75, 3.05) is 0 Å². The van der Waals surface area contributed by atoms with Crippen molar-refractivity contribution in [1.29, 1.82) is 0 Å². The summed E-state index contributed by atoms with van der Waals surface area (Å²) in [7, 11) is 0. The van der Waals surface area contributed by atoms with Gasteiger partial charge in [0.1, 0.15) is 18.1 Å². The monoisotopic (exact) mass is 570 g/mol. The van der Waals surface area contributed by atoms with Gasteiger partial charge in [0.05, 0.1) is 18.5 Å². The van der Waals surface area contributed by atoms with Gasteiger partial charge in [-0.3, -0.25) is 19.2 Å². The molecule has 5 atom stereocenters. The molecule has 0 bridgehead atoms. The molecule has 3 aromatic rings. The van der Waals surface area contributed by atoms with Crippen LogP contribution in [0.1, 0.15) is 31.0 Å². The van der Waals surface area contributed by atoms with E-state index in [0.717, 1.165) is 10.9 Å². The zero-order valence-corrected chi connectivity index (χ0v) is 22.3. The number of carboxylic acids is 1. The number of aliphatic hydroxyl groups is 1. The highest BCUT2D eigenvalue weighted by molar-refractivity contribution is 5.95. The average Bonchev–Trinajstić information content (AvgIpc) is 3.59. The fourth-order valence-corrected chi connectivity index (χ4v) is 4.17. The van der Waals surface area contributed by atoms with E-state index in [0.29, 0.717) is 11.3 Å². The van der Waals surface area contributed by atoms with Gasteiger partial charge >= 0.3 is 5.97 Å². The quantitative estimate of drug-likeness (QED) is 0.0995. The first-order valence-corrected chi connectivity index (χ1v) is 12.8. The van der Waals surface area contributed by atoms with E-state index in [1.807, 2.05) is 18.2 Å². The van der Waals surface area contributed by atoms with Gasteiger partial charge in [-0.2, -0.15) is 0 Å². The third kappa shape index (κ3) is 8.61. The van der Waals surface area contributed by atoms with Gasteiger partial charge in [-0.05, 0) is 25.0 Å². The Morgan fingerprint density at radius 3 is 2.32 bits per heavy atom. The van der Waals surface area contributed by atoms with E-state index >= 15 is 0 Å². The summed E-state index contributed by atoms with van der Waals surface area (Å²) < 4.78 is 0. The summed E-state index contributed by atoms with van der Waals surface area (Å²) in [5.41, 5.74) is 12.9. The smallest absolute Gasteiger partial charge is 0.326 e. The second-order valence-corrected chi connectivity index (χ2v) is 9.64. The van der Waals surface area contributed by atoms with Crippen molar-refractivity contribution in [3.63, 3.8) is 0 Å². The Bertz CT molecular complexity index is 1370. The molecule has 3 rings (SSSR count). The molecule has 0 aliphatic carbocycles. The molecule has 41 heavy (non-hydrogen) atoms. The number of carbonyl (C=O) groups is 5. The van der Waals surface area contributed by atoms with E-state index in [4.69, 9.17) is 11.5 Å². The number of fused-ring (bicyclic) bond motifs is 1. The van der Waals surface area contributed by atoms with E-state index in [9.17, 15) is 34.2 Å². The van der Waals surface area contributed by atoms with Crippen LogP contribution in [0.4, 0.5) is 0 Å². The van der Waals surface area contributed by atoms with E-state index in [-0.39, 0.29) is 25.7 Å². The molecule has 2 aromatic heterocycles. The van der Waals surface area contributed by atoms with Crippen LogP contribution in [0.2, 0.25) is 0 Å². The number of nitrogens with two attached hydrogens (primary N) is 2. The molecule has 0 radical (unpaired) electrons. The van der Waals surface area contributed by atoms with Crippen molar-refractivity contribution in [2.45, 2.75) is 62.9 Å². The molecule has 15 heteroatoms. The normalized spacial score (nSPS) is 14.8. The van der Waals surface area contributed by atoms with Gasteiger partial charge in [0.2, 0.25) is 23.6 Å². The number of aromatic amines is 2. The molecule has 2 heterocycles. The molecule has 0 fully saturated rings. The molecule has 0 saturated carbocycles. The highest BCUT2D eigenvalue weighted by Gasteiger charge is 2.33. The first-order valence-electron chi connectivity index (χ1n) is 12.8. The average molecular weight is 571 g/mol. The number of rotatable bonds is 15. The van der Waals surface area contributed by atoms with Crippen LogP contribution in [-0.4, -0.2) is 85.0 Å². The lowest BCUT2D eigenvalue weighted by Gasteiger charge is -2.26. The predicted molar refractivity (Wildman–Crippen MR) is 146 cm³/mol. The van der Waals surface area contributed by atoms with Gasteiger partial charge in [-0.25, -0.2) is 9.78 Å². The maximum absolute atomic E-state index is 13.2. The fourth-order valence-electron chi connectivity index (χ4n) is 4.17. The molecule has 0 aliphatic heterocycles. The molecule has 11 N–H and O–H groups in total. The number of carbonyl (C=O) groups excluding carboxylic acids is 4. The lowest BCUT2D eigenvalue weighted by Crippen LogP contribution is -2.60. The topological polar surface area (TPSA) is 258 Å². The number of hydrogen-bond acceptors (Lipinski definition) is 8. The lowest BCUT2D eigenvalue weighted by atomic mass is 10.0. The number of nitrogens with zero attached hydrogens (tertiary/aromatic N) is 1. The highest BCUT2D eigenvalue weighted by atomic mass is 16.4. The van der Waals surface area contributed by atoms with Gasteiger partial charge in [0.15, 0.2) is 0 Å². The molecule has 4 amide bonds. The Hall–Kier alpha value is -4.76. The van der Waals surface area contributed by atoms with Crippen LogP contribution in [0, 0.1) is 0 Å². The summed E-state index contributed by atoms with van der Waals surface area (Å²) in [6.45, 7) is 1.25. The van der Waals surface area contributed by atoms with Crippen molar-refractivity contribution in [2.24, 2.45) is 11.5 Å². The van der Waals surface area contributed by atoms with Gasteiger partial charge < -0.3 is 47.6 Å². The molecule has 220 valence electrons. The summed E-state index contributed by atoms with van der Waals surface area (Å²) in [4.78, 5) is 71.8. The minimum atomic E-state index is -1.56. The number of aliphatic hydroxyl groups excluding tert-OH is 1. The molecule has 0 saturated heterocycles. The molecular weight excluding hydrogens is 536 g/mol. The second kappa shape index (κ2) is 14.0. The van der Waals surface area contributed by atoms with Gasteiger partial charge in [-0.1, -0.05) is 18.2 Å². The van der Waals surface area contributed by atoms with Gasteiger partial charge in [-0.15, -0.1) is 0 Å². The number of nitrogens with one attached hydrogen (secondary N) is 5. The van der Waals surface area contributed by atoms with Crippen LogP contribution in [0.3, 0.4) is 0 Å². The number of aromatic nitrogens is 3. The van der Waals surface area contributed by atoms with Crippen molar-refractivity contribution in [1.82, 2.24) is 30.9 Å². The van der Waals surface area contributed by atoms with Crippen LogP contribution in [0.25, 0.3) is 10.9 Å². The fraction of sp³-hybridized carbons (Fsp3) is 0.385. The SMILES string of the molecule is CC(O)C(NC(=O)C(Cc1cnc[nH]1)NC(=O)C(N)CCC(N)=O)C(=O)NC(Cc1c[nH]c2ccccc12)C(=O)O. The largest absolute Gasteiger partial charge is 0.480 e. The zero-order chi connectivity index (χ0) is 30.1. The number of H-pyrrole nitrogens is 2. The summed E-state index contributed by atoms with van der Waals surface area (Å²) in [5, 5.41) is 28.1. The Morgan fingerprint density at radius 1 is 0.976 bits per heavy atom. The Morgan fingerprint density at radius 2 is 1.68 bits per heavy atom. The summed E-state index contributed by atoms with van der Waals surface area (Å²) in [6.07, 6.45) is 2.70. The zero-order valence-electron chi connectivity index (χ0n) is 22.3. The predicted octanol–water partition coefficient (Wildman–Crippen LogP) is -1.81. The first kappa shape index (κ1) is 30.8. The molecule has 1 aromatic carbocycles. The number of primary amides is 1. The van der Waals surface area contributed by atoms with Crippen molar-refractivity contribution in [3.05, 3.63) is 54.2 Å². The van der Waals surface area contributed by atoms with Crippen LogP contribution in [0.15, 0.2) is 43.0 Å². The second-order valence-electron chi connectivity index (χ2n) is 9.64. The molecular formula is C26H34N8O7. The molecule has 5 unspecified atom stereocenters. The molecule has 15 nitrogen and oxygen atoms in total. The number of carboxylic acid groups (broad SMARTS) is 1. The maximum atomic E-state index is 13.2. The Labute approximate surface area is 234 Å². The third-order valence-corrected chi connectivity index (χ3v) is 6.43. The molecule has 0 aliphatic rings. The first-order chi connectivity index (χ1) is 19.5. The highest BCUT2D eigenvalue weighted by Crippen LogP contribution is 2.19. The van der Waals surface area contributed by atoms with Crippen LogP contribution < -0.4 is 27.4 Å². The minimum absolute atomic E-state index is 0.0503. The summed E-state index contributed by atoms with van der Waals surface area (Å²) in [5.74, 6) is -4.48. The maximum Gasteiger partial charge on any atom is 0.326 e. The van der Waals surface area contributed by atoms with E-state index < -0.39 is 59.9 Å². The number of benzene rings is 1. The number of para-hydroxylation sites is 1. The van der Waals surface area contributed by atoms with Crippen LogP contribution in [0.5, 0.6) is 0 Å².